The summed E-state index contributed by atoms with van der Waals surface area (Å²) in [6.07, 6.45) is -2.69. The number of nitrogens with zero attached hydrogens (tertiary/aromatic N) is 1. The zero-order chi connectivity index (χ0) is 32.3. The maximum Gasteiger partial charge on any atom is 0.408 e. The molecule has 0 radical (unpaired) electrons. The second-order valence-electron chi connectivity index (χ2n) is 11.8. The van der Waals surface area contributed by atoms with Gasteiger partial charge in [-0.05, 0) is 46.5 Å². The van der Waals surface area contributed by atoms with E-state index < -0.39 is 106 Å². The number of nitrogens with two attached hydrogens (primary N) is 2. The number of fused-ring (bicyclic) bond motifs is 3. The summed E-state index contributed by atoms with van der Waals surface area (Å²) in [6.45, 7) is 4.05. The Bertz CT molecular complexity index is 1490. The normalized spacial score (nSPS) is 28.6. The maximum absolute atomic E-state index is 14.1. The van der Waals surface area contributed by atoms with Crippen molar-refractivity contribution in [2.45, 2.75) is 50.2 Å². The van der Waals surface area contributed by atoms with Gasteiger partial charge < -0.3 is 46.7 Å². The molecule has 2 amide bonds. The highest BCUT2D eigenvalue weighted by Gasteiger charge is 2.69. The van der Waals surface area contributed by atoms with Crippen LogP contribution in [0.2, 0.25) is 0 Å². The van der Waals surface area contributed by atoms with E-state index in [0.717, 1.165) is 0 Å². The van der Waals surface area contributed by atoms with Gasteiger partial charge in [0.05, 0.1) is 17.5 Å². The molecule has 1 saturated carbocycles. The number of aliphatic hydroxyl groups excluding tert-OH is 2. The number of phenolic OH excluding ortho intramolecular Hbond substituents is 1. The van der Waals surface area contributed by atoms with Crippen LogP contribution in [0.1, 0.15) is 37.9 Å². The molecule has 0 unspecified atom stereocenters. The summed E-state index contributed by atoms with van der Waals surface area (Å²) in [6, 6.07) is 1.26. The summed E-state index contributed by atoms with van der Waals surface area (Å²) in [5.74, 6) is -10.9. The van der Waals surface area contributed by atoms with Crippen LogP contribution in [0, 0.1) is 11.8 Å². The summed E-state index contributed by atoms with van der Waals surface area (Å²) in [4.78, 5) is 66.5. The number of esters is 1. The molecule has 0 aromatic heterocycles. The topological polar surface area (TPSA) is 252 Å². The van der Waals surface area contributed by atoms with Crippen molar-refractivity contribution in [3.63, 3.8) is 0 Å². The Morgan fingerprint density at radius 3 is 2.30 bits per heavy atom. The van der Waals surface area contributed by atoms with Crippen molar-refractivity contribution in [1.29, 1.82) is 0 Å². The largest absolute Gasteiger partial charge is 0.508 e. The second-order valence-corrected chi connectivity index (χ2v) is 11.8. The molecule has 1 aromatic rings. The number of carbonyl (C=O) groups excluding carboxylic acids is 5. The Morgan fingerprint density at radius 2 is 1.74 bits per heavy atom. The molecule has 6 atom stereocenters. The monoisotopic (exact) mass is 602 g/mol. The lowest BCUT2D eigenvalue weighted by Crippen LogP contribution is -2.71. The Labute approximate surface area is 245 Å². The number of amides is 2. The first kappa shape index (κ1) is 31.5. The fourth-order valence-corrected chi connectivity index (χ4v) is 6.09. The van der Waals surface area contributed by atoms with Gasteiger partial charge in [0, 0.05) is 17.5 Å². The van der Waals surface area contributed by atoms with Gasteiger partial charge in [-0.1, -0.05) is 12.1 Å². The Morgan fingerprint density at radius 1 is 1.12 bits per heavy atom. The minimum absolute atomic E-state index is 0.151. The van der Waals surface area contributed by atoms with E-state index in [0.29, 0.717) is 0 Å². The lowest BCUT2D eigenvalue weighted by Gasteiger charge is -2.54. The summed E-state index contributed by atoms with van der Waals surface area (Å²) in [7, 11) is 2.77. The Hall–Kier alpha value is -4.47. The third-order valence-corrected chi connectivity index (χ3v) is 7.73. The van der Waals surface area contributed by atoms with Crippen LogP contribution < -0.4 is 16.8 Å². The first-order valence-corrected chi connectivity index (χ1v) is 13.2. The third kappa shape index (κ3) is 4.98. The Balaban J connectivity index is 1.93. The highest BCUT2D eigenvalue weighted by Crippen LogP contribution is 2.55. The van der Waals surface area contributed by atoms with Crippen molar-refractivity contribution in [3.8, 4) is 5.75 Å². The van der Waals surface area contributed by atoms with Crippen LogP contribution in [-0.4, -0.2) is 98.9 Å². The number of Topliss-reactive ketones (excluding diaryl/α,β-unsaturated/α-hetero) is 2. The van der Waals surface area contributed by atoms with Crippen LogP contribution >= 0.6 is 0 Å². The fraction of sp³-hybridized carbons (Fsp3) is 0.464. The number of ketones is 2. The van der Waals surface area contributed by atoms with Crippen molar-refractivity contribution in [2.75, 3.05) is 20.6 Å². The summed E-state index contributed by atoms with van der Waals surface area (Å²) < 4.78 is 10.8. The van der Waals surface area contributed by atoms with Crippen molar-refractivity contribution >= 4 is 35.3 Å². The standard InChI is InChI=1S/C28H34N4O11/c1-27(2,3)43-26(40)31-9-12(34)42-22-14-15(20(35)13-10(18(14)29)7-6-8-11(13)33)23(37)28(41)17(22)19(32(4)5)21(36)16(24(28)38)25(30)39/h6-8,14,17-19,22,33,35,38,41H,9,29H2,1-5H3,(H2,30,39)(H,31,40)/t14-,17+,18-,19-,22-,28-/m0/s1. The Kier molecular flexibility index (Phi) is 7.80. The molecular formula is C28H34N4O11. The zero-order valence-corrected chi connectivity index (χ0v) is 24.1. The number of hydrogen-bond acceptors (Lipinski definition) is 13. The zero-order valence-electron chi connectivity index (χ0n) is 24.1. The molecule has 9 N–H and O–H groups in total. The minimum Gasteiger partial charge on any atom is -0.508 e. The smallest absolute Gasteiger partial charge is 0.408 e. The molecule has 0 spiro atoms. The molecule has 4 rings (SSSR count). The van der Waals surface area contributed by atoms with Crippen molar-refractivity contribution in [3.05, 3.63) is 46.2 Å². The van der Waals surface area contributed by atoms with Crippen molar-refractivity contribution in [1.82, 2.24) is 10.2 Å². The van der Waals surface area contributed by atoms with Gasteiger partial charge in [-0.2, -0.15) is 0 Å². The molecule has 1 aromatic carbocycles. The highest BCUT2D eigenvalue weighted by atomic mass is 16.6. The highest BCUT2D eigenvalue weighted by molar-refractivity contribution is 6.24. The molecule has 1 fully saturated rings. The number of likely N-dealkylation sites (N-methyl/N-ethyl adjacent to an activating group) is 1. The predicted octanol–water partition coefficient (Wildman–Crippen LogP) is -0.532. The number of hydrogen-bond donors (Lipinski definition) is 7. The van der Waals surface area contributed by atoms with Gasteiger partial charge in [-0.25, -0.2) is 4.79 Å². The van der Waals surface area contributed by atoms with Gasteiger partial charge in [-0.3, -0.25) is 24.1 Å². The first-order valence-electron chi connectivity index (χ1n) is 13.2. The van der Waals surface area contributed by atoms with Crippen molar-refractivity contribution in [2.24, 2.45) is 23.3 Å². The van der Waals surface area contributed by atoms with Gasteiger partial charge in [0.25, 0.3) is 5.91 Å². The molecule has 0 bridgehead atoms. The quantitative estimate of drug-likeness (QED) is 0.165. The number of rotatable bonds is 5. The molecule has 0 heterocycles. The van der Waals surface area contributed by atoms with Crippen LogP contribution in [0.3, 0.4) is 0 Å². The van der Waals surface area contributed by atoms with Crippen LogP contribution in [0.15, 0.2) is 35.1 Å². The maximum atomic E-state index is 14.1. The average molecular weight is 603 g/mol. The molecule has 43 heavy (non-hydrogen) atoms. The van der Waals surface area contributed by atoms with Crippen molar-refractivity contribution < 1.29 is 53.9 Å². The van der Waals surface area contributed by atoms with E-state index in [1.54, 1.807) is 20.8 Å². The minimum atomic E-state index is -3.13. The summed E-state index contributed by atoms with van der Waals surface area (Å²) in [5, 5.41) is 47.2. The van der Waals surface area contributed by atoms with Crippen LogP contribution in [0.4, 0.5) is 4.79 Å². The number of ether oxygens (including phenoxy) is 2. The van der Waals surface area contributed by atoms with Gasteiger partial charge >= 0.3 is 12.1 Å². The molecule has 3 aliphatic carbocycles. The molecule has 3 aliphatic rings. The van der Waals surface area contributed by atoms with Crippen LogP contribution in [-0.2, 0) is 28.7 Å². The van der Waals surface area contributed by atoms with Gasteiger partial charge in [0.15, 0.2) is 11.4 Å². The number of aliphatic hydroxyl groups is 3. The lowest BCUT2D eigenvalue weighted by atomic mass is 9.55. The van der Waals surface area contributed by atoms with Crippen LogP contribution in [0.5, 0.6) is 5.75 Å². The number of aromatic hydroxyl groups is 1. The first-order chi connectivity index (χ1) is 19.8. The number of carbonyl (C=O) groups is 5. The summed E-state index contributed by atoms with van der Waals surface area (Å²) in [5.41, 5.74) is 6.15. The summed E-state index contributed by atoms with van der Waals surface area (Å²) >= 11 is 0. The number of nitrogens with one attached hydrogen (secondary N) is 1. The van der Waals surface area contributed by atoms with E-state index >= 15 is 0 Å². The average Bonchev–Trinajstić information content (AvgIpc) is 2.87. The molecule has 15 nitrogen and oxygen atoms in total. The van der Waals surface area contributed by atoms with E-state index in [4.69, 9.17) is 20.9 Å². The van der Waals surface area contributed by atoms with Gasteiger partial charge in [0.1, 0.15) is 41.1 Å². The lowest BCUT2D eigenvalue weighted by molar-refractivity contribution is -0.185. The number of primary amides is 1. The second kappa shape index (κ2) is 10.7. The molecule has 0 aliphatic heterocycles. The number of alkyl carbamates (subject to hydrolysis) is 1. The van der Waals surface area contributed by atoms with Gasteiger partial charge in [-0.15, -0.1) is 0 Å². The fourth-order valence-electron chi connectivity index (χ4n) is 6.09. The molecular weight excluding hydrogens is 568 g/mol. The van der Waals surface area contributed by atoms with E-state index in [1.165, 1.54) is 37.2 Å². The van der Waals surface area contributed by atoms with E-state index in [2.05, 4.69) is 5.32 Å². The number of phenols is 1. The molecule has 15 heteroatoms. The SMILES string of the molecule is CN(C)[C@@H]1C(=O)C(C(N)=O)=C(O)[C@@]2(O)C(=O)C3=C(O)c4c(O)cccc4[C@H](N)[C@H]3[C@H](OC(=O)CNC(=O)OC(C)(C)C)[C@@H]12. The molecule has 232 valence electrons. The van der Waals surface area contributed by atoms with Crippen LogP contribution in [0.25, 0.3) is 5.76 Å². The van der Waals surface area contributed by atoms with E-state index in [1.807, 2.05) is 0 Å². The predicted molar refractivity (Wildman–Crippen MR) is 147 cm³/mol. The van der Waals surface area contributed by atoms with E-state index in [-0.39, 0.29) is 11.1 Å². The van der Waals surface area contributed by atoms with Gasteiger partial charge in [0.2, 0.25) is 5.78 Å². The number of benzene rings is 1. The van der Waals surface area contributed by atoms with E-state index in [9.17, 15) is 44.4 Å². The molecule has 0 saturated heterocycles. The third-order valence-electron chi connectivity index (χ3n) is 7.73.